The molecule has 2 heteroatoms. The third kappa shape index (κ3) is 5.01. The SMILES string of the molecule is c1ccc(-c2ccc3c(c2)Sc2cc(-c4ccccc4)ccc2C32c3ccc(-c4ccccc4)cc3Sc3cc(-c4ccccc4)ccc32)cc1. The lowest BCUT2D eigenvalue weighted by Crippen LogP contribution is -2.36. The molecule has 0 aliphatic carbocycles. The fourth-order valence-electron chi connectivity index (χ4n) is 8.01. The molecule has 0 nitrogen and oxygen atoms in total. The maximum atomic E-state index is 2.42. The van der Waals surface area contributed by atoms with Crippen molar-refractivity contribution in [3.05, 3.63) is 216 Å². The summed E-state index contributed by atoms with van der Waals surface area (Å²) >= 11 is 3.82. The minimum absolute atomic E-state index is 0.499. The smallest absolute Gasteiger partial charge is 0.0745 e. The second kappa shape index (κ2) is 12.3. The quantitative estimate of drug-likeness (QED) is 0.181. The van der Waals surface area contributed by atoms with Gasteiger partial charge in [-0.3, -0.25) is 0 Å². The molecule has 0 aromatic heterocycles. The first-order valence-electron chi connectivity index (χ1n) is 17.4. The lowest BCUT2D eigenvalue weighted by molar-refractivity contribution is 0.668. The van der Waals surface area contributed by atoms with E-state index < -0.39 is 5.41 Å². The Balaban J connectivity index is 1.28. The van der Waals surface area contributed by atoms with E-state index in [0.717, 1.165) is 0 Å². The zero-order valence-electron chi connectivity index (χ0n) is 27.8. The Kier molecular flexibility index (Phi) is 7.34. The topological polar surface area (TPSA) is 0 Å². The maximum absolute atomic E-state index is 2.42. The average Bonchev–Trinajstić information content (AvgIpc) is 3.21. The van der Waals surface area contributed by atoms with Crippen LogP contribution >= 0.6 is 23.5 Å². The predicted octanol–water partition coefficient (Wildman–Crippen LogP) is 13.7. The van der Waals surface area contributed by atoms with E-state index in [2.05, 4.69) is 194 Å². The molecule has 8 aromatic rings. The first-order valence-corrected chi connectivity index (χ1v) is 19.0. The number of fused-ring (bicyclic) bond motifs is 8. The Morgan fingerprint density at radius 2 is 0.471 bits per heavy atom. The summed E-state index contributed by atoms with van der Waals surface area (Å²) in [5, 5.41) is 0. The first kappa shape index (κ1) is 30.3. The van der Waals surface area contributed by atoms with Gasteiger partial charge >= 0.3 is 0 Å². The summed E-state index contributed by atoms with van der Waals surface area (Å²) in [5.41, 5.74) is 14.8. The van der Waals surface area contributed by atoms with Gasteiger partial charge in [0.05, 0.1) is 5.41 Å². The Hall–Kier alpha value is -5.54. The Morgan fingerprint density at radius 3 is 0.706 bits per heavy atom. The molecular formula is C49H32S2. The van der Waals surface area contributed by atoms with Crippen LogP contribution in [-0.2, 0) is 5.41 Å². The fraction of sp³-hybridized carbons (Fsp3) is 0.0204. The summed E-state index contributed by atoms with van der Waals surface area (Å²) in [5.74, 6) is 0. The minimum Gasteiger partial charge on any atom is -0.0894 e. The van der Waals surface area contributed by atoms with Gasteiger partial charge in [-0.2, -0.15) is 0 Å². The summed E-state index contributed by atoms with van der Waals surface area (Å²) < 4.78 is 0. The molecule has 0 atom stereocenters. The van der Waals surface area contributed by atoms with Crippen LogP contribution in [0.2, 0.25) is 0 Å². The van der Waals surface area contributed by atoms with Crippen LogP contribution in [-0.4, -0.2) is 0 Å². The van der Waals surface area contributed by atoms with Crippen LogP contribution in [0.3, 0.4) is 0 Å². The molecule has 1 spiro atoms. The molecule has 0 unspecified atom stereocenters. The molecule has 10 rings (SSSR count). The second-order valence-corrected chi connectivity index (χ2v) is 15.4. The lowest BCUT2D eigenvalue weighted by Gasteiger charge is -2.46. The summed E-state index contributed by atoms with van der Waals surface area (Å²) in [6, 6.07) is 71.8. The number of rotatable bonds is 4. The van der Waals surface area contributed by atoms with Crippen LogP contribution in [0.5, 0.6) is 0 Å². The highest BCUT2D eigenvalue weighted by atomic mass is 32.2. The first-order chi connectivity index (χ1) is 25.3. The molecule has 2 aliphatic rings. The van der Waals surface area contributed by atoms with Crippen molar-refractivity contribution in [3.8, 4) is 44.5 Å². The van der Waals surface area contributed by atoms with Crippen molar-refractivity contribution in [2.75, 3.05) is 0 Å². The van der Waals surface area contributed by atoms with Crippen molar-refractivity contribution < 1.29 is 0 Å². The van der Waals surface area contributed by atoms with Crippen LogP contribution in [0.4, 0.5) is 0 Å². The molecule has 0 bridgehead atoms. The molecule has 0 saturated heterocycles. The molecule has 0 fully saturated rings. The van der Waals surface area contributed by atoms with Crippen LogP contribution < -0.4 is 0 Å². The monoisotopic (exact) mass is 684 g/mol. The standard InChI is InChI=1S/C49H32S2/c1-5-13-33(14-6-1)37-21-25-41-45(29-37)50-46-30-38(34-15-7-2-8-16-34)22-26-42(46)49(41)43-27-23-39(35-17-9-3-10-18-35)31-47(43)51-48-32-40(24-28-44(48)49)36-19-11-4-12-20-36/h1-32H. The third-order valence-corrected chi connectivity index (χ3v) is 12.6. The minimum atomic E-state index is -0.499. The van der Waals surface area contributed by atoms with E-state index in [4.69, 9.17) is 0 Å². The molecule has 2 heterocycles. The molecule has 2 aliphatic heterocycles. The molecule has 8 aromatic carbocycles. The van der Waals surface area contributed by atoms with E-state index >= 15 is 0 Å². The number of hydrogen-bond donors (Lipinski definition) is 0. The largest absolute Gasteiger partial charge is 0.0894 e. The van der Waals surface area contributed by atoms with Gasteiger partial charge in [0.2, 0.25) is 0 Å². The van der Waals surface area contributed by atoms with Gasteiger partial charge in [0.15, 0.2) is 0 Å². The van der Waals surface area contributed by atoms with E-state index in [1.165, 1.54) is 86.3 Å². The summed E-state index contributed by atoms with van der Waals surface area (Å²) in [6.07, 6.45) is 0. The molecule has 0 saturated carbocycles. The highest BCUT2D eigenvalue weighted by Crippen LogP contribution is 2.62. The van der Waals surface area contributed by atoms with Crippen molar-refractivity contribution in [3.63, 3.8) is 0 Å². The summed E-state index contributed by atoms with van der Waals surface area (Å²) in [6.45, 7) is 0. The van der Waals surface area contributed by atoms with Crippen molar-refractivity contribution in [2.24, 2.45) is 0 Å². The Labute approximate surface area is 307 Å². The number of benzene rings is 8. The van der Waals surface area contributed by atoms with E-state index in [9.17, 15) is 0 Å². The van der Waals surface area contributed by atoms with E-state index in [1.54, 1.807) is 0 Å². The summed E-state index contributed by atoms with van der Waals surface area (Å²) in [4.78, 5) is 5.21. The maximum Gasteiger partial charge on any atom is 0.0745 e. The molecule has 0 amide bonds. The highest BCUT2D eigenvalue weighted by molar-refractivity contribution is 8.00. The Morgan fingerprint density at radius 1 is 0.235 bits per heavy atom. The van der Waals surface area contributed by atoms with Gasteiger partial charge in [-0.05, 0) is 91.0 Å². The highest BCUT2D eigenvalue weighted by Gasteiger charge is 2.49. The van der Waals surface area contributed by atoms with E-state index in [1.807, 2.05) is 23.5 Å². The van der Waals surface area contributed by atoms with Gasteiger partial charge < -0.3 is 0 Å². The van der Waals surface area contributed by atoms with Gasteiger partial charge in [-0.15, -0.1) is 0 Å². The van der Waals surface area contributed by atoms with Crippen LogP contribution in [0.25, 0.3) is 44.5 Å². The van der Waals surface area contributed by atoms with Gasteiger partial charge in [0.1, 0.15) is 0 Å². The predicted molar refractivity (Wildman–Crippen MR) is 215 cm³/mol. The van der Waals surface area contributed by atoms with Crippen LogP contribution in [0, 0.1) is 0 Å². The molecule has 240 valence electrons. The van der Waals surface area contributed by atoms with Crippen molar-refractivity contribution >= 4 is 23.5 Å². The van der Waals surface area contributed by atoms with E-state index in [-0.39, 0.29) is 0 Å². The molecular weight excluding hydrogens is 653 g/mol. The van der Waals surface area contributed by atoms with Crippen LogP contribution in [0.1, 0.15) is 22.3 Å². The fourth-order valence-corrected chi connectivity index (χ4v) is 10.6. The van der Waals surface area contributed by atoms with Crippen LogP contribution in [0.15, 0.2) is 214 Å². The number of hydrogen-bond acceptors (Lipinski definition) is 2. The molecule has 0 radical (unpaired) electrons. The normalized spacial score (nSPS) is 13.5. The van der Waals surface area contributed by atoms with Gasteiger partial charge in [0, 0.05) is 19.6 Å². The third-order valence-electron chi connectivity index (χ3n) is 10.4. The zero-order valence-corrected chi connectivity index (χ0v) is 29.4. The van der Waals surface area contributed by atoms with Gasteiger partial charge in [-0.1, -0.05) is 193 Å². The molecule has 0 N–H and O–H groups in total. The summed E-state index contributed by atoms with van der Waals surface area (Å²) in [7, 11) is 0. The zero-order chi connectivity index (χ0) is 33.8. The molecule has 51 heavy (non-hydrogen) atoms. The Bertz CT molecular complexity index is 2190. The average molecular weight is 685 g/mol. The van der Waals surface area contributed by atoms with Gasteiger partial charge in [-0.25, -0.2) is 0 Å². The van der Waals surface area contributed by atoms with Gasteiger partial charge in [0.25, 0.3) is 0 Å². The van der Waals surface area contributed by atoms with Crippen molar-refractivity contribution in [1.29, 1.82) is 0 Å². The van der Waals surface area contributed by atoms with Crippen molar-refractivity contribution in [2.45, 2.75) is 25.0 Å². The van der Waals surface area contributed by atoms with E-state index in [0.29, 0.717) is 0 Å². The van der Waals surface area contributed by atoms with Crippen molar-refractivity contribution in [1.82, 2.24) is 0 Å². The lowest BCUT2D eigenvalue weighted by atomic mass is 9.64. The second-order valence-electron chi connectivity index (χ2n) is 13.3.